The maximum atomic E-state index is 12.4. The molecule has 0 aliphatic carbocycles. The molecule has 0 radical (unpaired) electrons. The Morgan fingerprint density at radius 1 is 0.853 bits per heavy atom. The van der Waals surface area contributed by atoms with Crippen LogP contribution in [0.1, 0.15) is 72.4 Å². The molecule has 0 spiro atoms. The van der Waals surface area contributed by atoms with Gasteiger partial charge in [-0.2, -0.15) is 0 Å². The fraction of sp³-hybridized carbons (Fsp3) is 0.536. The first-order valence-electron chi connectivity index (χ1n) is 12.1. The minimum absolute atomic E-state index is 0.0432. The monoisotopic (exact) mass is 466 g/mol. The molecule has 4 N–H and O–H groups in total. The van der Waals surface area contributed by atoms with Crippen molar-refractivity contribution in [3.05, 3.63) is 47.5 Å². The van der Waals surface area contributed by atoms with Gasteiger partial charge in [0.25, 0.3) is 0 Å². The molecule has 0 saturated heterocycles. The summed E-state index contributed by atoms with van der Waals surface area (Å²) in [7, 11) is 2.13. The van der Waals surface area contributed by atoms with E-state index < -0.39 is 5.60 Å². The standard InChI is InChI=1S/C16H24N2O2.C12H18N2/c1-15(2,3)20-14(19)18-9-8-16(4,5)12-7-6-11(17)10-13(12)18;1-12(2)6-7-14(3)11-8-9(13)4-5-10(11)12/h6-7,10H,8-9,17H2,1-5H3;4-5,8H,6-7,13H2,1-3H3. The van der Waals surface area contributed by atoms with Gasteiger partial charge >= 0.3 is 6.09 Å². The Hall–Kier alpha value is -2.89. The van der Waals surface area contributed by atoms with E-state index >= 15 is 0 Å². The van der Waals surface area contributed by atoms with Crippen molar-refractivity contribution in [2.45, 2.75) is 77.7 Å². The highest BCUT2D eigenvalue weighted by molar-refractivity contribution is 5.90. The average Bonchev–Trinajstić information content (AvgIpc) is 2.70. The third-order valence-corrected chi connectivity index (χ3v) is 6.85. The zero-order valence-electron chi connectivity index (χ0n) is 22.2. The highest BCUT2D eigenvalue weighted by Gasteiger charge is 2.35. The SMILES string of the molecule is CC(C)(C)OC(=O)N1CCC(C)(C)c2ccc(N)cc21.CN1CCC(C)(C)c2ccc(N)cc21. The molecule has 2 aromatic carbocycles. The Labute approximate surface area is 205 Å². The molecule has 1 amide bonds. The molecule has 4 rings (SSSR count). The molecule has 6 heteroatoms. The summed E-state index contributed by atoms with van der Waals surface area (Å²) in [4.78, 5) is 16.3. The van der Waals surface area contributed by atoms with Gasteiger partial charge < -0.3 is 21.1 Å². The number of amides is 1. The van der Waals surface area contributed by atoms with Crippen molar-refractivity contribution >= 4 is 28.8 Å². The van der Waals surface area contributed by atoms with Crippen LogP contribution in [-0.4, -0.2) is 31.8 Å². The first-order valence-corrected chi connectivity index (χ1v) is 12.1. The number of hydrogen-bond acceptors (Lipinski definition) is 5. The van der Waals surface area contributed by atoms with Crippen LogP contribution in [0.4, 0.5) is 27.5 Å². The summed E-state index contributed by atoms with van der Waals surface area (Å²) < 4.78 is 5.49. The second kappa shape index (κ2) is 9.05. The molecule has 0 atom stereocenters. The molecule has 2 aliphatic heterocycles. The fourth-order valence-electron chi connectivity index (χ4n) is 4.64. The average molecular weight is 467 g/mol. The van der Waals surface area contributed by atoms with Crippen LogP contribution in [0.2, 0.25) is 0 Å². The van der Waals surface area contributed by atoms with Gasteiger partial charge in [0, 0.05) is 37.2 Å². The van der Waals surface area contributed by atoms with Crippen LogP contribution in [0.25, 0.3) is 0 Å². The summed E-state index contributed by atoms with van der Waals surface area (Å²) in [6, 6.07) is 12.0. The van der Waals surface area contributed by atoms with E-state index in [2.05, 4.69) is 51.8 Å². The van der Waals surface area contributed by atoms with E-state index in [-0.39, 0.29) is 16.9 Å². The number of ether oxygens (including phenoxy) is 1. The van der Waals surface area contributed by atoms with Crippen molar-refractivity contribution in [2.24, 2.45) is 0 Å². The van der Waals surface area contributed by atoms with E-state index in [0.29, 0.717) is 12.2 Å². The highest BCUT2D eigenvalue weighted by atomic mass is 16.6. The summed E-state index contributed by atoms with van der Waals surface area (Å²) in [5.74, 6) is 0. The summed E-state index contributed by atoms with van der Waals surface area (Å²) >= 11 is 0. The van der Waals surface area contributed by atoms with Gasteiger partial charge in [-0.15, -0.1) is 0 Å². The number of anilines is 4. The number of nitrogen functional groups attached to an aromatic ring is 2. The Bertz CT molecular complexity index is 1050. The van der Waals surface area contributed by atoms with Gasteiger partial charge in [-0.3, -0.25) is 4.90 Å². The fourth-order valence-corrected chi connectivity index (χ4v) is 4.64. The number of nitrogens with zero attached hydrogens (tertiary/aromatic N) is 2. The molecular weight excluding hydrogens is 424 g/mol. The van der Waals surface area contributed by atoms with E-state index in [1.807, 2.05) is 45.0 Å². The van der Waals surface area contributed by atoms with Crippen LogP contribution < -0.4 is 21.3 Å². The lowest BCUT2D eigenvalue weighted by Crippen LogP contribution is -2.43. The van der Waals surface area contributed by atoms with Crippen LogP contribution in [0, 0.1) is 0 Å². The van der Waals surface area contributed by atoms with Gasteiger partial charge in [0.15, 0.2) is 0 Å². The minimum Gasteiger partial charge on any atom is -0.443 e. The number of nitrogens with two attached hydrogens (primary N) is 2. The van der Waals surface area contributed by atoms with Gasteiger partial charge in [-0.1, -0.05) is 39.8 Å². The smallest absolute Gasteiger partial charge is 0.414 e. The minimum atomic E-state index is -0.495. The molecule has 0 saturated carbocycles. The number of benzene rings is 2. The van der Waals surface area contributed by atoms with Crippen molar-refractivity contribution < 1.29 is 9.53 Å². The molecule has 6 nitrogen and oxygen atoms in total. The van der Waals surface area contributed by atoms with E-state index in [9.17, 15) is 4.79 Å². The topological polar surface area (TPSA) is 84.8 Å². The first-order chi connectivity index (χ1) is 15.6. The number of rotatable bonds is 0. The molecule has 2 aliphatic rings. The molecule has 2 aromatic rings. The summed E-state index contributed by atoms with van der Waals surface area (Å²) in [6.45, 7) is 16.4. The van der Waals surface area contributed by atoms with Gasteiger partial charge in [0.1, 0.15) is 5.60 Å². The van der Waals surface area contributed by atoms with Crippen molar-refractivity contribution in [3.63, 3.8) is 0 Å². The van der Waals surface area contributed by atoms with Crippen molar-refractivity contribution in [1.29, 1.82) is 0 Å². The number of fused-ring (bicyclic) bond motifs is 2. The van der Waals surface area contributed by atoms with Crippen LogP contribution in [0.5, 0.6) is 0 Å². The normalized spacial score (nSPS) is 18.2. The molecule has 186 valence electrons. The maximum absolute atomic E-state index is 12.4. The Morgan fingerprint density at radius 3 is 1.85 bits per heavy atom. The lowest BCUT2D eigenvalue weighted by molar-refractivity contribution is 0.0574. The Kier molecular flexibility index (Phi) is 6.84. The zero-order valence-corrected chi connectivity index (χ0v) is 22.2. The van der Waals surface area contributed by atoms with Crippen LogP contribution in [-0.2, 0) is 15.6 Å². The molecule has 0 unspecified atom stereocenters. The summed E-state index contributed by atoms with van der Waals surface area (Å²) in [5.41, 5.74) is 17.8. The van der Waals surface area contributed by atoms with Gasteiger partial charge in [-0.25, -0.2) is 4.79 Å². The number of carbonyl (C=O) groups excluding carboxylic acids is 1. The third-order valence-electron chi connectivity index (χ3n) is 6.85. The predicted molar refractivity (Wildman–Crippen MR) is 144 cm³/mol. The van der Waals surface area contributed by atoms with E-state index in [4.69, 9.17) is 16.2 Å². The predicted octanol–water partition coefficient (Wildman–Crippen LogP) is 6.08. The molecule has 0 bridgehead atoms. The number of carbonyl (C=O) groups is 1. The first kappa shape index (κ1) is 25.7. The van der Waals surface area contributed by atoms with Gasteiger partial charge in [-0.05, 0) is 79.8 Å². The van der Waals surface area contributed by atoms with Crippen molar-refractivity contribution in [3.8, 4) is 0 Å². The second-order valence-corrected chi connectivity index (χ2v) is 11.9. The third kappa shape index (κ3) is 5.60. The second-order valence-electron chi connectivity index (χ2n) is 11.9. The molecule has 34 heavy (non-hydrogen) atoms. The zero-order chi connectivity index (χ0) is 25.5. The lowest BCUT2D eigenvalue weighted by atomic mass is 9.77. The molecule has 2 heterocycles. The lowest BCUT2D eigenvalue weighted by Gasteiger charge is -2.39. The summed E-state index contributed by atoms with van der Waals surface area (Å²) in [6.07, 6.45) is 1.81. The van der Waals surface area contributed by atoms with E-state index in [1.165, 1.54) is 17.7 Å². The highest BCUT2D eigenvalue weighted by Crippen LogP contribution is 2.41. The molecule has 0 fully saturated rings. The van der Waals surface area contributed by atoms with E-state index in [1.54, 1.807) is 4.90 Å². The van der Waals surface area contributed by atoms with Crippen LogP contribution >= 0.6 is 0 Å². The van der Waals surface area contributed by atoms with Crippen LogP contribution in [0.3, 0.4) is 0 Å². The van der Waals surface area contributed by atoms with Crippen molar-refractivity contribution in [1.82, 2.24) is 0 Å². The van der Waals surface area contributed by atoms with Crippen LogP contribution in [0.15, 0.2) is 36.4 Å². The van der Waals surface area contributed by atoms with Gasteiger partial charge in [0.05, 0.1) is 5.69 Å². The quantitative estimate of drug-likeness (QED) is 0.460. The Balaban J connectivity index is 0.000000202. The van der Waals surface area contributed by atoms with Gasteiger partial charge in [0.2, 0.25) is 0 Å². The van der Waals surface area contributed by atoms with Crippen molar-refractivity contribution in [2.75, 3.05) is 41.4 Å². The maximum Gasteiger partial charge on any atom is 0.414 e. The van der Waals surface area contributed by atoms with E-state index in [0.717, 1.165) is 29.9 Å². The number of hydrogen-bond donors (Lipinski definition) is 2. The summed E-state index contributed by atoms with van der Waals surface area (Å²) in [5, 5.41) is 0. The largest absolute Gasteiger partial charge is 0.443 e. The molecular formula is C28H42N4O2. The molecule has 0 aromatic heterocycles. The Morgan fingerprint density at radius 2 is 1.32 bits per heavy atom.